The molecule has 0 aliphatic carbocycles. The van der Waals surface area contributed by atoms with Crippen LogP contribution in [0.2, 0.25) is 0 Å². The van der Waals surface area contributed by atoms with Crippen LogP contribution in [0.25, 0.3) is 0 Å². The molecule has 2 unspecified atom stereocenters. The number of thiophene rings is 1. The molecular weight excluding hydrogens is 397 g/mol. The van der Waals surface area contributed by atoms with E-state index in [1.54, 1.807) is 12.1 Å². The molecule has 1 aromatic carbocycles. The molecule has 102 valence electrons. The minimum absolute atomic E-state index is 0.265. The van der Waals surface area contributed by atoms with Gasteiger partial charge in [0, 0.05) is 18.0 Å². The van der Waals surface area contributed by atoms with E-state index < -0.39 is 6.10 Å². The molecule has 1 heterocycles. The number of aliphatic hydroxyl groups excluding tert-OH is 1. The lowest BCUT2D eigenvalue weighted by molar-refractivity contribution is 0.147. The first-order valence-electron chi connectivity index (χ1n) is 5.61. The normalized spacial score (nSPS) is 14.4. The quantitative estimate of drug-likeness (QED) is 0.796. The Hall–Kier alpha value is -0.270. The maximum atomic E-state index is 12.9. The van der Waals surface area contributed by atoms with E-state index >= 15 is 0 Å². The first-order valence-corrected chi connectivity index (χ1v) is 8.01. The molecular formula is C13H12Br2FNOS. The first kappa shape index (κ1) is 15.1. The highest BCUT2D eigenvalue weighted by molar-refractivity contribution is 9.12. The topological polar surface area (TPSA) is 46.2 Å². The lowest BCUT2D eigenvalue weighted by Crippen LogP contribution is -2.20. The summed E-state index contributed by atoms with van der Waals surface area (Å²) in [7, 11) is 0. The average Bonchev–Trinajstić information content (AvgIpc) is 2.71. The van der Waals surface area contributed by atoms with E-state index in [9.17, 15) is 9.50 Å². The van der Waals surface area contributed by atoms with Crippen molar-refractivity contribution in [2.24, 2.45) is 5.73 Å². The molecule has 0 bridgehead atoms. The predicted octanol–water partition coefficient (Wildman–Crippen LogP) is 4.19. The van der Waals surface area contributed by atoms with Crippen LogP contribution in [0, 0.1) is 5.82 Å². The molecule has 6 heteroatoms. The summed E-state index contributed by atoms with van der Waals surface area (Å²) < 4.78 is 14.7. The number of aliphatic hydroxyl groups is 1. The van der Waals surface area contributed by atoms with E-state index in [-0.39, 0.29) is 18.3 Å². The lowest BCUT2D eigenvalue weighted by atomic mass is 9.90. The summed E-state index contributed by atoms with van der Waals surface area (Å²) in [6.07, 6.45) is -0.729. The van der Waals surface area contributed by atoms with Gasteiger partial charge in [-0.15, -0.1) is 11.3 Å². The Kier molecular flexibility index (Phi) is 5.14. The molecule has 3 N–H and O–H groups in total. The highest BCUT2D eigenvalue weighted by Gasteiger charge is 2.24. The third-order valence-corrected chi connectivity index (χ3v) is 5.32. The van der Waals surface area contributed by atoms with E-state index in [0.29, 0.717) is 0 Å². The van der Waals surface area contributed by atoms with Crippen LogP contribution >= 0.6 is 43.2 Å². The van der Waals surface area contributed by atoms with Gasteiger partial charge in [-0.05, 0) is 55.6 Å². The monoisotopic (exact) mass is 407 g/mol. The standard InChI is InChI=1S/C13H12Br2FNOS/c14-11-5-9(13(15)19-11)12(18)10(6-17)7-1-3-8(16)4-2-7/h1-5,10,12,18H,6,17H2. The fourth-order valence-electron chi connectivity index (χ4n) is 1.93. The smallest absolute Gasteiger partial charge is 0.123 e. The van der Waals surface area contributed by atoms with Crippen molar-refractivity contribution in [2.45, 2.75) is 12.0 Å². The number of halogens is 3. The summed E-state index contributed by atoms with van der Waals surface area (Å²) in [6.45, 7) is 0.284. The summed E-state index contributed by atoms with van der Waals surface area (Å²) in [5.74, 6) is -0.563. The van der Waals surface area contributed by atoms with Gasteiger partial charge < -0.3 is 10.8 Å². The van der Waals surface area contributed by atoms with Gasteiger partial charge in [-0.25, -0.2) is 4.39 Å². The highest BCUT2D eigenvalue weighted by Crippen LogP contribution is 2.40. The second-order valence-electron chi connectivity index (χ2n) is 4.12. The fourth-order valence-corrected chi connectivity index (χ4v) is 4.84. The zero-order chi connectivity index (χ0) is 14.0. The minimum atomic E-state index is -0.729. The minimum Gasteiger partial charge on any atom is -0.388 e. The van der Waals surface area contributed by atoms with Crippen LogP contribution in [0.3, 0.4) is 0 Å². The molecule has 0 spiro atoms. The van der Waals surface area contributed by atoms with Crippen molar-refractivity contribution in [3.8, 4) is 0 Å². The molecule has 0 fully saturated rings. The highest BCUT2D eigenvalue weighted by atomic mass is 79.9. The maximum Gasteiger partial charge on any atom is 0.123 e. The van der Waals surface area contributed by atoms with Crippen molar-refractivity contribution in [1.29, 1.82) is 0 Å². The number of hydrogen-bond donors (Lipinski definition) is 2. The second kappa shape index (κ2) is 6.45. The van der Waals surface area contributed by atoms with E-state index in [1.165, 1.54) is 23.5 Å². The van der Waals surface area contributed by atoms with Crippen molar-refractivity contribution < 1.29 is 9.50 Å². The lowest BCUT2D eigenvalue weighted by Gasteiger charge is -2.21. The molecule has 0 saturated carbocycles. The van der Waals surface area contributed by atoms with E-state index in [0.717, 1.165) is 18.7 Å². The van der Waals surface area contributed by atoms with Gasteiger partial charge in [-0.2, -0.15) is 0 Å². The van der Waals surface area contributed by atoms with Gasteiger partial charge in [-0.3, -0.25) is 0 Å². The van der Waals surface area contributed by atoms with Gasteiger partial charge in [0.25, 0.3) is 0 Å². The number of rotatable bonds is 4. The number of hydrogen-bond acceptors (Lipinski definition) is 3. The molecule has 2 atom stereocenters. The van der Waals surface area contributed by atoms with Crippen molar-refractivity contribution in [2.75, 3.05) is 6.54 Å². The Morgan fingerprint density at radius 2 is 1.89 bits per heavy atom. The van der Waals surface area contributed by atoms with Crippen LogP contribution < -0.4 is 5.73 Å². The zero-order valence-corrected chi connectivity index (χ0v) is 13.8. The van der Waals surface area contributed by atoms with Crippen LogP contribution in [0.1, 0.15) is 23.1 Å². The Morgan fingerprint density at radius 3 is 2.37 bits per heavy atom. The van der Waals surface area contributed by atoms with Crippen molar-refractivity contribution in [1.82, 2.24) is 0 Å². The summed E-state index contributed by atoms with van der Waals surface area (Å²) in [5.41, 5.74) is 7.37. The molecule has 2 rings (SSSR count). The Morgan fingerprint density at radius 1 is 1.26 bits per heavy atom. The Balaban J connectivity index is 2.31. The molecule has 2 nitrogen and oxygen atoms in total. The summed E-state index contributed by atoms with van der Waals surface area (Å²) in [5, 5.41) is 10.5. The van der Waals surface area contributed by atoms with Crippen molar-refractivity contribution in [3.05, 3.63) is 54.8 Å². The molecule has 0 radical (unpaired) electrons. The van der Waals surface area contributed by atoms with Crippen LogP contribution in [-0.2, 0) is 0 Å². The van der Waals surface area contributed by atoms with Crippen molar-refractivity contribution >= 4 is 43.2 Å². The molecule has 1 aromatic heterocycles. The SMILES string of the molecule is NCC(c1ccc(F)cc1)C(O)c1cc(Br)sc1Br. The third-order valence-electron chi connectivity index (χ3n) is 2.93. The summed E-state index contributed by atoms with van der Waals surface area (Å²) in [6, 6.07) is 7.94. The second-order valence-corrected chi connectivity index (χ2v) is 7.87. The van der Waals surface area contributed by atoms with Crippen LogP contribution in [0.4, 0.5) is 4.39 Å². The maximum absolute atomic E-state index is 12.9. The fraction of sp³-hybridized carbons (Fsp3) is 0.231. The summed E-state index contributed by atoms with van der Waals surface area (Å²) >= 11 is 8.31. The molecule has 0 aliphatic heterocycles. The van der Waals surface area contributed by atoms with E-state index in [2.05, 4.69) is 31.9 Å². The van der Waals surface area contributed by atoms with Gasteiger partial charge in [0.1, 0.15) is 5.82 Å². The van der Waals surface area contributed by atoms with Crippen LogP contribution in [0.15, 0.2) is 37.9 Å². The number of benzene rings is 1. The number of nitrogens with two attached hydrogens (primary N) is 1. The van der Waals surface area contributed by atoms with Crippen LogP contribution in [0.5, 0.6) is 0 Å². The summed E-state index contributed by atoms with van der Waals surface area (Å²) in [4.78, 5) is 0. The molecule has 0 saturated heterocycles. The molecule has 2 aromatic rings. The Bertz CT molecular complexity index is 558. The largest absolute Gasteiger partial charge is 0.388 e. The van der Waals surface area contributed by atoms with E-state index in [1.807, 2.05) is 6.07 Å². The Labute approximate surface area is 131 Å². The van der Waals surface area contributed by atoms with Gasteiger partial charge in [-0.1, -0.05) is 12.1 Å². The first-order chi connectivity index (χ1) is 9.02. The van der Waals surface area contributed by atoms with Gasteiger partial charge in [0.05, 0.1) is 13.7 Å². The van der Waals surface area contributed by atoms with Crippen molar-refractivity contribution in [3.63, 3.8) is 0 Å². The van der Waals surface area contributed by atoms with Crippen LogP contribution in [-0.4, -0.2) is 11.7 Å². The molecule has 19 heavy (non-hydrogen) atoms. The van der Waals surface area contributed by atoms with Gasteiger partial charge in [0.2, 0.25) is 0 Å². The average molecular weight is 409 g/mol. The molecule has 0 amide bonds. The third kappa shape index (κ3) is 3.44. The predicted molar refractivity (Wildman–Crippen MR) is 82.9 cm³/mol. The van der Waals surface area contributed by atoms with Gasteiger partial charge >= 0.3 is 0 Å². The zero-order valence-electron chi connectivity index (χ0n) is 9.82. The van der Waals surface area contributed by atoms with E-state index in [4.69, 9.17) is 5.73 Å². The molecule has 0 aliphatic rings. The van der Waals surface area contributed by atoms with Gasteiger partial charge in [0.15, 0.2) is 0 Å².